The first kappa shape index (κ1) is 76.8. The predicted octanol–water partition coefficient (Wildman–Crippen LogP) is 23.0. The SMILES string of the molecule is CC(C)[Si](C#Cc1nc2c(C#C[Si](C(C)C)(C(C)C)C(C)C)c3nc(C#C[Si](C(C)C)(C(C)C)C(C)C)c(C#C[Si](C(C)C)(C(C)C)C(C)C)nc3c(C#C[Si](C(C)C)(C(C)C)C(C)C)c2nc1C#C[Si](C(C)C)(C(C)C)C(C)C)(C(C)C)C(C)C. The van der Waals surface area contributed by atoms with E-state index in [0.717, 1.165) is 11.1 Å². The van der Waals surface area contributed by atoms with Crippen molar-refractivity contribution in [2.24, 2.45) is 0 Å². The first-order chi connectivity index (χ1) is 39.5. The highest BCUT2D eigenvalue weighted by Gasteiger charge is 2.47. The predicted molar refractivity (Wildman–Crippen MR) is 400 cm³/mol. The minimum absolute atomic E-state index is 0.393. The minimum atomic E-state index is -2.37. The molecule has 0 aliphatic heterocycles. The van der Waals surface area contributed by atoms with Crippen LogP contribution < -0.4 is 0 Å². The maximum absolute atomic E-state index is 5.96. The fraction of sp³-hybridized carbons (Fsp3) is 0.711. The van der Waals surface area contributed by atoms with Crippen molar-refractivity contribution in [1.29, 1.82) is 0 Å². The average Bonchev–Trinajstić information content (AvgIpc) is 0.847. The summed E-state index contributed by atoms with van der Waals surface area (Å²) in [5.41, 5.74) is 39.1. The van der Waals surface area contributed by atoms with Crippen LogP contribution in [0.5, 0.6) is 0 Å². The largest absolute Gasteiger partial charge is 0.233 e. The highest BCUT2D eigenvalue weighted by atomic mass is 28.3. The number of fused-ring (bicyclic) bond motifs is 2. The molecule has 86 heavy (non-hydrogen) atoms. The van der Waals surface area contributed by atoms with Crippen molar-refractivity contribution < 1.29 is 0 Å². The van der Waals surface area contributed by atoms with Crippen molar-refractivity contribution in [3.63, 3.8) is 0 Å². The molecule has 0 radical (unpaired) electrons. The molecule has 0 aliphatic rings. The van der Waals surface area contributed by atoms with E-state index in [1.807, 2.05) is 0 Å². The molecule has 0 saturated carbocycles. The zero-order chi connectivity index (χ0) is 66.5. The van der Waals surface area contributed by atoms with Gasteiger partial charge in [0.25, 0.3) is 0 Å². The molecule has 0 fully saturated rings. The molecule has 2 aromatic heterocycles. The van der Waals surface area contributed by atoms with Crippen LogP contribution in [0, 0.1) is 68.8 Å². The van der Waals surface area contributed by atoms with E-state index in [-0.39, 0.29) is 0 Å². The van der Waals surface area contributed by atoms with Gasteiger partial charge in [0.1, 0.15) is 93.3 Å². The second kappa shape index (κ2) is 30.1. The molecular formula is C76H126N4Si6. The van der Waals surface area contributed by atoms with Crippen LogP contribution in [0.4, 0.5) is 0 Å². The summed E-state index contributed by atoms with van der Waals surface area (Å²) in [5.74, 6) is 23.7. The van der Waals surface area contributed by atoms with Gasteiger partial charge < -0.3 is 0 Å². The van der Waals surface area contributed by atoms with Gasteiger partial charge in [-0.15, -0.1) is 33.3 Å². The summed E-state index contributed by atoms with van der Waals surface area (Å²) in [6.07, 6.45) is 0. The van der Waals surface area contributed by atoms with Crippen LogP contribution in [0.3, 0.4) is 0 Å². The third kappa shape index (κ3) is 14.3. The molecule has 0 bridgehead atoms. The van der Waals surface area contributed by atoms with E-state index in [1.165, 1.54) is 0 Å². The Hall–Kier alpha value is -3.44. The van der Waals surface area contributed by atoms with Gasteiger partial charge in [-0.1, -0.05) is 285 Å². The fourth-order valence-electron chi connectivity index (χ4n) is 18.0. The van der Waals surface area contributed by atoms with Gasteiger partial charge in [-0.3, -0.25) is 0 Å². The summed E-state index contributed by atoms with van der Waals surface area (Å²) in [7, 11) is -13.9. The Morgan fingerprint density at radius 2 is 0.279 bits per heavy atom. The Labute approximate surface area is 538 Å². The third-order valence-corrected chi connectivity index (χ3v) is 60.1. The van der Waals surface area contributed by atoms with E-state index in [0.29, 0.717) is 145 Å². The lowest BCUT2D eigenvalue weighted by Gasteiger charge is -2.38. The van der Waals surface area contributed by atoms with Crippen molar-refractivity contribution in [2.75, 3.05) is 0 Å². The highest BCUT2D eigenvalue weighted by Crippen LogP contribution is 2.47. The molecule has 0 amide bonds. The van der Waals surface area contributed by atoms with Crippen LogP contribution in [-0.4, -0.2) is 68.4 Å². The van der Waals surface area contributed by atoms with Gasteiger partial charge >= 0.3 is 0 Å². The molecule has 3 rings (SSSR count). The van der Waals surface area contributed by atoms with Crippen LogP contribution >= 0.6 is 0 Å². The van der Waals surface area contributed by atoms with E-state index < -0.39 is 48.4 Å². The summed E-state index contributed by atoms with van der Waals surface area (Å²) in [6.45, 7) is 86.1. The van der Waals surface area contributed by atoms with Crippen molar-refractivity contribution in [3.8, 4) is 68.8 Å². The Balaban J connectivity index is 3.41. The van der Waals surface area contributed by atoms with E-state index in [4.69, 9.17) is 19.9 Å². The number of aromatic nitrogens is 4. The molecule has 3 aromatic rings. The standard InChI is InChI=1S/C76H126N4Si6/c1-49(2)81(50(3)4,51(5)6)43-37-67-73-75(79-71(41-47-85(61(25)26,62(27)28)63(29)30)69(77-73)39-45-83(55(13)14,56(15)16)57(17)18)68(38-44-82(52(7)8,53(9)10)54(11)12)76-74(67)78-70(40-46-84(58(19)20,59(21)22)60(23)24)72(80-76)42-48-86(64(31)32,65(33)34)66(35)36/h49-66H,1-36H3. The maximum Gasteiger partial charge on any atom is 0.147 e. The zero-order valence-corrected chi connectivity index (χ0v) is 68.2. The second-order valence-corrected chi connectivity index (χ2v) is 65.3. The van der Waals surface area contributed by atoms with Gasteiger partial charge in [0.2, 0.25) is 0 Å². The van der Waals surface area contributed by atoms with Crippen molar-refractivity contribution >= 4 is 70.5 Å². The van der Waals surface area contributed by atoms with Gasteiger partial charge in [0, 0.05) is 0 Å². The molecule has 4 nitrogen and oxygen atoms in total. The fourth-order valence-corrected chi connectivity index (χ4v) is 49.2. The molecule has 474 valence electrons. The maximum atomic E-state index is 5.96. The van der Waals surface area contributed by atoms with Crippen molar-refractivity contribution in [1.82, 2.24) is 19.9 Å². The summed E-state index contributed by atoms with van der Waals surface area (Å²) in [4.78, 5) is 23.8. The third-order valence-electron chi connectivity index (χ3n) is 22.3. The summed E-state index contributed by atoms with van der Waals surface area (Å²) >= 11 is 0. The lowest BCUT2D eigenvalue weighted by Crippen LogP contribution is -2.43. The minimum Gasteiger partial charge on any atom is -0.233 e. The highest BCUT2D eigenvalue weighted by molar-refractivity contribution is 6.93. The Bertz CT molecular complexity index is 2730. The van der Waals surface area contributed by atoms with E-state index in [2.05, 4.69) is 318 Å². The van der Waals surface area contributed by atoms with Crippen LogP contribution in [-0.2, 0) is 0 Å². The molecule has 0 aliphatic carbocycles. The normalized spacial score (nSPS) is 13.3. The summed E-state index contributed by atoms with van der Waals surface area (Å²) in [6, 6.07) is 0. The molecule has 0 spiro atoms. The zero-order valence-electron chi connectivity index (χ0n) is 62.2. The van der Waals surface area contributed by atoms with E-state index in [9.17, 15) is 0 Å². The lowest BCUT2D eigenvalue weighted by atomic mass is 10.0. The molecule has 10 heteroatoms. The quantitative estimate of drug-likeness (QED) is 0.0724. The topological polar surface area (TPSA) is 51.6 Å². The molecule has 0 unspecified atom stereocenters. The first-order valence-electron chi connectivity index (χ1n) is 34.3. The van der Waals surface area contributed by atoms with Crippen LogP contribution in [0.15, 0.2) is 0 Å². The van der Waals surface area contributed by atoms with Crippen molar-refractivity contribution in [2.45, 2.75) is 349 Å². The van der Waals surface area contributed by atoms with Gasteiger partial charge in [-0.05, 0) is 99.7 Å². The molecule has 0 atom stereocenters. The van der Waals surface area contributed by atoms with Crippen molar-refractivity contribution in [3.05, 3.63) is 33.9 Å². The summed E-state index contributed by atoms with van der Waals surface area (Å²) in [5, 5.41) is 0. The van der Waals surface area contributed by atoms with Gasteiger partial charge in [-0.25, -0.2) is 19.9 Å². The molecule has 0 N–H and O–H groups in total. The van der Waals surface area contributed by atoms with Crippen LogP contribution in [0.25, 0.3) is 22.1 Å². The van der Waals surface area contributed by atoms with Crippen LogP contribution in [0.2, 0.25) is 99.7 Å². The Kier molecular flexibility index (Phi) is 26.9. The number of benzene rings is 1. The molecule has 2 heterocycles. The first-order valence-corrected chi connectivity index (χ1v) is 47.7. The molecule has 0 saturated heterocycles. The Morgan fingerprint density at radius 1 is 0.174 bits per heavy atom. The number of nitrogens with zero attached hydrogens (tertiary/aromatic N) is 4. The molecular weight excluding hydrogens is 1140 g/mol. The summed E-state index contributed by atoms with van der Waals surface area (Å²) < 4.78 is 0. The molecule has 1 aromatic carbocycles. The van der Waals surface area contributed by atoms with E-state index >= 15 is 0 Å². The Morgan fingerprint density at radius 3 is 0.384 bits per heavy atom. The number of hydrogen-bond donors (Lipinski definition) is 0. The van der Waals surface area contributed by atoms with Gasteiger partial charge in [0.15, 0.2) is 0 Å². The van der Waals surface area contributed by atoms with Gasteiger partial charge in [0.05, 0.1) is 11.1 Å². The number of hydrogen-bond acceptors (Lipinski definition) is 4. The monoisotopic (exact) mass is 1260 g/mol. The van der Waals surface area contributed by atoms with E-state index in [1.54, 1.807) is 0 Å². The number of rotatable bonds is 18. The smallest absolute Gasteiger partial charge is 0.147 e. The lowest BCUT2D eigenvalue weighted by molar-refractivity contribution is 0.838. The average molecular weight is 1260 g/mol. The van der Waals surface area contributed by atoms with Gasteiger partial charge in [-0.2, -0.15) is 0 Å². The van der Waals surface area contributed by atoms with Crippen LogP contribution in [0.1, 0.15) is 283 Å². The second-order valence-electron chi connectivity index (χ2n) is 31.9.